The number of esters is 1. The van der Waals surface area contributed by atoms with Crippen LogP contribution in [0.5, 0.6) is 17.4 Å². The van der Waals surface area contributed by atoms with E-state index in [-0.39, 0.29) is 24.8 Å². The predicted molar refractivity (Wildman–Crippen MR) is 231 cm³/mol. The van der Waals surface area contributed by atoms with Crippen molar-refractivity contribution >= 4 is 39.1 Å². The molecule has 3 aromatic heterocycles. The molecule has 0 saturated carbocycles. The number of carbonyl (C=O) groups is 1. The van der Waals surface area contributed by atoms with Gasteiger partial charge in [0.1, 0.15) is 48.2 Å². The molecule has 0 amide bonds. The molecule has 1 atom stereocenters. The standard InChI is InChI=1S/C45H47ClF4N6O5S/c1-6-58-43(57)40(44(3,4)33-9-7-8-10-34(33)60-25-31-17-18-53-56(31)26-45(48,49)50)61-41-37-36(39(62-42(37)52-27-51-41)29-11-13-30(47)14-12-29)32-15-16-35(38(46)28(32)2)59-24-23-55-21-19-54(5)20-22-55/h7-18,27,40H,6,19-26H2,1-5H3. The van der Waals surface area contributed by atoms with Crippen molar-refractivity contribution in [3.8, 4) is 38.9 Å². The number of fused-ring (bicyclic) bond motifs is 1. The number of thiophene rings is 1. The minimum Gasteiger partial charge on any atom is -0.491 e. The number of carbonyl (C=O) groups excluding carboxylic acids is 1. The molecule has 1 saturated heterocycles. The maximum absolute atomic E-state index is 14.3. The Morgan fingerprint density at radius 3 is 2.42 bits per heavy atom. The number of hydrogen-bond donors (Lipinski definition) is 0. The molecule has 4 heterocycles. The summed E-state index contributed by atoms with van der Waals surface area (Å²) in [6.45, 7) is 10.8. The molecule has 0 radical (unpaired) electrons. The molecule has 0 spiro atoms. The first-order valence-corrected chi connectivity index (χ1v) is 21.3. The molecule has 1 aliphatic rings. The summed E-state index contributed by atoms with van der Waals surface area (Å²) in [5, 5.41) is 4.73. The topological polar surface area (TPSA) is 104 Å². The Kier molecular flexibility index (Phi) is 13.7. The van der Waals surface area contributed by atoms with E-state index in [1.165, 1.54) is 42.1 Å². The highest BCUT2D eigenvalue weighted by molar-refractivity contribution is 7.22. The Morgan fingerprint density at radius 1 is 0.952 bits per heavy atom. The number of rotatable bonds is 16. The van der Waals surface area contributed by atoms with Crippen molar-refractivity contribution in [3.63, 3.8) is 0 Å². The number of para-hydroxylation sites is 1. The fraction of sp³-hybridized carbons (Fsp3) is 0.378. The summed E-state index contributed by atoms with van der Waals surface area (Å²) in [4.78, 5) is 29.2. The van der Waals surface area contributed by atoms with Crippen molar-refractivity contribution in [2.24, 2.45) is 0 Å². The average Bonchev–Trinajstić information content (AvgIpc) is 3.85. The highest BCUT2D eigenvalue weighted by atomic mass is 35.5. The summed E-state index contributed by atoms with van der Waals surface area (Å²) in [6, 6.07) is 18.2. The molecule has 62 heavy (non-hydrogen) atoms. The monoisotopic (exact) mass is 894 g/mol. The molecular weight excluding hydrogens is 848 g/mol. The minimum atomic E-state index is -4.48. The van der Waals surface area contributed by atoms with Crippen molar-refractivity contribution in [2.45, 2.75) is 58.5 Å². The quantitative estimate of drug-likeness (QED) is 0.0690. The Hall–Kier alpha value is -5.29. The van der Waals surface area contributed by atoms with E-state index >= 15 is 0 Å². The minimum absolute atomic E-state index is 0.0508. The van der Waals surface area contributed by atoms with Gasteiger partial charge in [0.25, 0.3) is 0 Å². The lowest BCUT2D eigenvalue weighted by Crippen LogP contribution is -2.45. The number of hydrogen-bond acceptors (Lipinski definition) is 11. The molecule has 0 N–H and O–H groups in total. The average molecular weight is 895 g/mol. The number of piperazine rings is 1. The van der Waals surface area contributed by atoms with E-state index in [0.717, 1.165) is 47.8 Å². The van der Waals surface area contributed by atoms with Crippen LogP contribution in [0.15, 0.2) is 79.3 Å². The van der Waals surface area contributed by atoms with Gasteiger partial charge >= 0.3 is 12.1 Å². The molecule has 0 aliphatic carbocycles. The van der Waals surface area contributed by atoms with Crippen LogP contribution in [0.1, 0.15) is 37.6 Å². The first-order chi connectivity index (χ1) is 29.6. The summed E-state index contributed by atoms with van der Waals surface area (Å²) < 4.78 is 79.7. The summed E-state index contributed by atoms with van der Waals surface area (Å²) in [5.41, 5.74) is 2.35. The third-order valence-corrected chi connectivity index (χ3v) is 12.5. The number of benzene rings is 3. The van der Waals surface area contributed by atoms with Gasteiger partial charge in [0.15, 0.2) is 0 Å². The van der Waals surface area contributed by atoms with Crippen molar-refractivity contribution in [1.82, 2.24) is 29.5 Å². The van der Waals surface area contributed by atoms with Gasteiger partial charge in [-0.2, -0.15) is 18.3 Å². The zero-order valence-electron chi connectivity index (χ0n) is 35.0. The van der Waals surface area contributed by atoms with E-state index < -0.39 is 36.0 Å². The van der Waals surface area contributed by atoms with E-state index in [1.54, 1.807) is 57.2 Å². The first-order valence-electron chi connectivity index (χ1n) is 20.1. The normalized spacial score (nSPS) is 14.5. The number of nitrogens with zero attached hydrogens (tertiary/aromatic N) is 6. The lowest BCUT2D eigenvalue weighted by Gasteiger charge is -2.34. The highest BCUT2D eigenvalue weighted by Gasteiger charge is 2.43. The van der Waals surface area contributed by atoms with E-state index in [1.807, 2.05) is 19.1 Å². The second kappa shape index (κ2) is 19.0. The van der Waals surface area contributed by atoms with E-state index in [2.05, 4.69) is 31.9 Å². The summed E-state index contributed by atoms with van der Waals surface area (Å²) in [5.74, 6) is -0.150. The smallest absolute Gasteiger partial charge is 0.408 e. The van der Waals surface area contributed by atoms with Gasteiger partial charge in [0.2, 0.25) is 12.0 Å². The Balaban J connectivity index is 1.27. The Morgan fingerprint density at radius 2 is 1.69 bits per heavy atom. The van der Waals surface area contributed by atoms with Crippen molar-refractivity contribution in [1.29, 1.82) is 0 Å². The Bertz CT molecular complexity index is 2510. The third kappa shape index (κ3) is 9.99. The molecule has 0 bridgehead atoms. The van der Waals surface area contributed by atoms with Crippen LogP contribution in [0.25, 0.3) is 31.8 Å². The van der Waals surface area contributed by atoms with Crippen molar-refractivity contribution in [2.75, 3.05) is 53.0 Å². The van der Waals surface area contributed by atoms with Crippen LogP contribution in [0.4, 0.5) is 17.6 Å². The lowest BCUT2D eigenvalue weighted by molar-refractivity contribution is -0.154. The molecule has 328 valence electrons. The van der Waals surface area contributed by atoms with Crippen LogP contribution < -0.4 is 14.2 Å². The number of likely N-dealkylation sites (N-methyl/N-ethyl adjacent to an activating group) is 1. The second-order valence-corrected chi connectivity index (χ2v) is 16.9. The Labute approximate surface area is 366 Å². The van der Waals surface area contributed by atoms with Gasteiger partial charge in [-0.05, 0) is 67.9 Å². The van der Waals surface area contributed by atoms with Crippen molar-refractivity contribution < 1.29 is 41.3 Å². The van der Waals surface area contributed by atoms with Gasteiger partial charge in [0, 0.05) is 60.3 Å². The van der Waals surface area contributed by atoms with Crippen LogP contribution >= 0.6 is 22.9 Å². The van der Waals surface area contributed by atoms with Crippen LogP contribution in [-0.4, -0.2) is 101 Å². The maximum Gasteiger partial charge on any atom is 0.408 e. The van der Waals surface area contributed by atoms with Gasteiger partial charge in [-0.25, -0.2) is 19.2 Å². The molecule has 1 fully saturated rings. The summed E-state index contributed by atoms with van der Waals surface area (Å²) in [7, 11) is 2.12. The zero-order chi connectivity index (χ0) is 44.2. The molecule has 3 aromatic carbocycles. The zero-order valence-corrected chi connectivity index (χ0v) is 36.5. The van der Waals surface area contributed by atoms with E-state index in [9.17, 15) is 22.4 Å². The summed E-state index contributed by atoms with van der Waals surface area (Å²) in [6.07, 6.45) is -3.18. The lowest BCUT2D eigenvalue weighted by atomic mass is 9.78. The molecule has 1 aliphatic heterocycles. The summed E-state index contributed by atoms with van der Waals surface area (Å²) >= 11 is 8.43. The maximum atomic E-state index is 14.3. The van der Waals surface area contributed by atoms with Crippen LogP contribution in [0.3, 0.4) is 0 Å². The van der Waals surface area contributed by atoms with E-state index in [0.29, 0.717) is 55.6 Å². The predicted octanol–water partition coefficient (Wildman–Crippen LogP) is 9.38. The molecule has 6 aromatic rings. The number of aromatic nitrogens is 4. The van der Waals surface area contributed by atoms with Crippen molar-refractivity contribution in [3.05, 3.63) is 107 Å². The number of alkyl halides is 3. The largest absolute Gasteiger partial charge is 0.491 e. The van der Waals surface area contributed by atoms with Crippen LogP contribution in [-0.2, 0) is 28.1 Å². The molecule has 1 unspecified atom stereocenters. The number of ether oxygens (including phenoxy) is 4. The molecule has 11 nitrogen and oxygen atoms in total. The fourth-order valence-electron chi connectivity index (χ4n) is 7.49. The van der Waals surface area contributed by atoms with Gasteiger partial charge in [-0.1, -0.05) is 61.8 Å². The molecule has 7 rings (SSSR count). The van der Waals surface area contributed by atoms with Gasteiger partial charge in [-0.3, -0.25) is 9.58 Å². The second-order valence-electron chi connectivity index (χ2n) is 15.6. The van der Waals surface area contributed by atoms with Gasteiger partial charge in [0.05, 0.1) is 22.7 Å². The van der Waals surface area contributed by atoms with Crippen LogP contribution in [0.2, 0.25) is 5.02 Å². The molecule has 17 heteroatoms. The third-order valence-electron chi connectivity index (χ3n) is 10.9. The highest BCUT2D eigenvalue weighted by Crippen LogP contribution is 2.50. The SMILES string of the molecule is CCOC(=O)C(Oc1ncnc2sc(-c3ccc(F)cc3)c(-c3ccc(OCCN4CCN(C)CC4)c(Cl)c3C)c12)C(C)(C)c1ccccc1OCc1ccnn1CC(F)(F)F. The number of halogens is 5. The first kappa shape index (κ1) is 44.8. The molecular formula is C45H47ClF4N6O5S. The fourth-order valence-corrected chi connectivity index (χ4v) is 8.86. The van der Waals surface area contributed by atoms with Gasteiger partial charge < -0.3 is 23.8 Å². The van der Waals surface area contributed by atoms with E-state index in [4.69, 9.17) is 30.5 Å². The van der Waals surface area contributed by atoms with Gasteiger partial charge in [-0.15, -0.1) is 11.3 Å². The van der Waals surface area contributed by atoms with Crippen LogP contribution in [0, 0.1) is 12.7 Å².